The Hall–Kier alpha value is -5.89. The number of nitrogens with zero attached hydrogens (tertiary/aromatic N) is 1. The highest BCUT2D eigenvalue weighted by Gasteiger charge is 2.48. The van der Waals surface area contributed by atoms with Gasteiger partial charge < -0.3 is 51.8 Å². The molecule has 0 aromatic heterocycles. The van der Waals surface area contributed by atoms with Crippen LogP contribution >= 0.6 is 0 Å². The van der Waals surface area contributed by atoms with Crippen molar-refractivity contribution in [2.75, 3.05) is 19.7 Å². The number of esters is 1. The Morgan fingerprint density at radius 2 is 1.30 bits per heavy atom. The molecule has 0 spiro atoms. The molecule has 0 aromatic carbocycles. The lowest BCUT2D eigenvalue weighted by atomic mass is 9.90. The van der Waals surface area contributed by atoms with Crippen LogP contribution < -0.4 is 31.9 Å². The minimum Gasteiger partial charge on any atom is -0.481 e. The van der Waals surface area contributed by atoms with E-state index in [2.05, 4.69) is 38.5 Å². The van der Waals surface area contributed by atoms with Gasteiger partial charge in [0.1, 0.15) is 48.9 Å². The van der Waals surface area contributed by atoms with Gasteiger partial charge in [-0.05, 0) is 50.4 Å². The summed E-state index contributed by atoms with van der Waals surface area (Å²) in [6.07, 6.45) is 1.47. The van der Waals surface area contributed by atoms with Crippen molar-refractivity contribution in [3.63, 3.8) is 0 Å². The zero-order valence-electron chi connectivity index (χ0n) is 34.8. The van der Waals surface area contributed by atoms with Crippen LogP contribution in [0.1, 0.15) is 98.8 Å². The van der Waals surface area contributed by atoms with Crippen LogP contribution in [0.3, 0.4) is 0 Å². The van der Waals surface area contributed by atoms with Gasteiger partial charge in [-0.2, -0.15) is 0 Å². The van der Waals surface area contributed by atoms with E-state index >= 15 is 0 Å². The van der Waals surface area contributed by atoms with Gasteiger partial charge in [-0.1, -0.05) is 53.2 Å². The lowest BCUT2D eigenvalue weighted by Crippen LogP contribution is -2.63. The van der Waals surface area contributed by atoms with Crippen molar-refractivity contribution >= 4 is 65.0 Å². The topological polar surface area (TPSA) is 313 Å². The Labute approximate surface area is 347 Å². The Morgan fingerprint density at radius 1 is 0.767 bits per heavy atom. The third kappa shape index (κ3) is 15.0. The van der Waals surface area contributed by atoms with E-state index in [-0.39, 0.29) is 38.8 Å². The zero-order valence-corrected chi connectivity index (χ0v) is 34.8. The lowest BCUT2D eigenvalue weighted by Gasteiger charge is -2.34. The number of hydrogen-bond donors (Lipinski definition) is 8. The van der Waals surface area contributed by atoms with Crippen LogP contribution in [0, 0.1) is 11.8 Å². The van der Waals surface area contributed by atoms with Gasteiger partial charge in [0.25, 0.3) is 5.91 Å². The number of carboxylic acid groups (broad SMARTS) is 2. The molecule has 0 bridgehead atoms. The minimum absolute atomic E-state index is 0.0871. The van der Waals surface area contributed by atoms with Crippen LogP contribution in [-0.2, 0) is 57.5 Å². The second-order valence-corrected chi connectivity index (χ2v) is 15.6. The third-order valence-electron chi connectivity index (χ3n) is 10.2. The molecule has 1 heterocycles. The third-order valence-corrected chi connectivity index (χ3v) is 10.2. The molecular weight excluding hydrogens is 790 g/mol. The van der Waals surface area contributed by atoms with E-state index in [0.29, 0.717) is 19.3 Å². The number of carboxylic acids is 2. The molecule has 0 aromatic rings. The number of aliphatic carboxylic acids is 2. The van der Waals surface area contributed by atoms with Gasteiger partial charge in [-0.3, -0.25) is 52.7 Å². The maximum atomic E-state index is 14.1. The first kappa shape index (κ1) is 50.3. The summed E-state index contributed by atoms with van der Waals surface area (Å²) < 4.78 is 4.82. The Balaban J connectivity index is 2.24. The molecule has 1 saturated carbocycles. The summed E-state index contributed by atoms with van der Waals surface area (Å²) in [6, 6.07) is -6.50. The van der Waals surface area contributed by atoms with Crippen LogP contribution in [0.15, 0.2) is 12.7 Å². The number of likely N-dealkylation sites (tertiary alicyclic amines) is 1. The molecule has 7 amide bonds. The fourth-order valence-electron chi connectivity index (χ4n) is 6.98. The van der Waals surface area contributed by atoms with Gasteiger partial charge in [0.2, 0.25) is 41.2 Å². The van der Waals surface area contributed by atoms with Crippen molar-refractivity contribution < 1.29 is 67.7 Å². The molecule has 21 heteroatoms. The summed E-state index contributed by atoms with van der Waals surface area (Å²) >= 11 is 0. The normalized spacial score (nSPS) is 17.6. The molecule has 21 nitrogen and oxygen atoms in total. The van der Waals surface area contributed by atoms with Gasteiger partial charge >= 0.3 is 17.9 Å². The molecule has 1 saturated heterocycles. The average molecular weight is 850 g/mol. The first-order valence-corrected chi connectivity index (χ1v) is 20.0. The fourth-order valence-corrected chi connectivity index (χ4v) is 6.98. The van der Waals surface area contributed by atoms with Crippen LogP contribution in [0.4, 0.5) is 0 Å². The van der Waals surface area contributed by atoms with Crippen molar-refractivity contribution in [3.8, 4) is 0 Å². The number of hydrogen-bond acceptors (Lipinski definition) is 12. The largest absolute Gasteiger partial charge is 0.481 e. The van der Waals surface area contributed by atoms with Crippen LogP contribution in [0.25, 0.3) is 0 Å². The number of ketones is 1. The zero-order chi connectivity index (χ0) is 45.3. The molecule has 0 unspecified atom stereocenters. The van der Waals surface area contributed by atoms with Gasteiger partial charge in [0, 0.05) is 26.3 Å². The smallest absolute Gasteiger partial charge is 0.325 e. The number of Topliss-reactive ketones (excluding diaryl/α,β-unsaturated/α-hetero) is 1. The highest BCUT2D eigenvalue weighted by Crippen LogP contribution is 2.32. The number of ether oxygens (including phenoxy) is 1. The maximum absolute atomic E-state index is 14.1. The molecular formula is C39H59N7O14. The average Bonchev–Trinajstić information content (AvgIpc) is 3.87. The van der Waals surface area contributed by atoms with E-state index < -0.39 is 138 Å². The van der Waals surface area contributed by atoms with E-state index in [1.807, 2.05) is 0 Å². The summed E-state index contributed by atoms with van der Waals surface area (Å²) in [4.78, 5) is 142. The van der Waals surface area contributed by atoms with E-state index in [9.17, 15) is 57.8 Å². The molecule has 1 aliphatic heterocycles. The van der Waals surface area contributed by atoms with Crippen molar-refractivity contribution in [1.82, 2.24) is 36.8 Å². The standard InChI is InChI=1S/C39H59N7O14/c1-7-19-60-29(52)20-40-37(58)32(53)39(16-8-9-17-39)45-35(56)26-11-10-18-46(26)38(59)31(22(4)5)44-36(57)30(21(2)3)43-34(55)25(13-15-28(50)51)42-33(54)24(41-23(6)47)12-14-27(48)49/h7,21-22,24-26,30-31H,1,8-20H2,2-6H3,(H,40,58)(H,41,47)(H,42,54)(H,43,55)(H,44,57)(H,45,56)(H,48,49)(H,50,51)/t24-,25-,26-,30-,31-/m0/s1. The highest BCUT2D eigenvalue weighted by atomic mass is 16.5. The molecule has 60 heavy (non-hydrogen) atoms. The lowest BCUT2D eigenvalue weighted by molar-refractivity contribution is -0.147. The highest BCUT2D eigenvalue weighted by molar-refractivity contribution is 6.40. The molecule has 8 N–H and O–H groups in total. The van der Waals surface area contributed by atoms with Gasteiger partial charge in [-0.15, -0.1) is 0 Å². The van der Waals surface area contributed by atoms with E-state index in [4.69, 9.17) is 9.84 Å². The van der Waals surface area contributed by atoms with Gasteiger partial charge in [-0.25, -0.2) is 0 Å². The Kier molecular flexibility index (Phi) is 19.8. The fraction of sp³-hybridized carbons (Fsp3) is 0.667. The van der Waals surface area contributed by atoms with E-state index in [1.54, 1.807) is 27.7 Å². The summed E-state index contributed by atoms with van der Waals surface area (Å²) in [5.74, 6) is -11.2. The first-order chi connectivity index (χ1) is 28.1. The molecule has 1 aliphatic carbocycles. The molecule has 2 rings (SSSR count). The van der Waals surface area contributed by atoms with Crippen molar-refractivity contribution in [3.05, 3.63) is 12.7 Å². The van der Waals surface area contributed by atoms with Crippen molar-refractivity contribution in [2.45, 2.75) is 135 Å². The van der Waals surface area contributed by atoms with E-state index in [0.717, 1.165) is 6.92 Å². The Morgan fingerprint density at radius 3 is 1.82 bits per heavy atom. The van der Waals surface area contributed by atoms with Gasteiger partial charge in [0.15, 0.2) is 0 Å². The minimum atomic E-state index is -1.57. The van der Waals surface area contributed by atoms with Gasteiger partial charge in [0.05, 0.1) is 0 Å². The summed E-state index contributed by atoms with van der Waals surface area (Å²) in [7, 11) is 0. The van der Waals surface area contributed by atoms with E-state index in [1.165, 1.54) is 11.0 Å². The second kappa shape index (κ2) is 23.6. The molecule has 0 radical (unpaired) electrons. The van der Waals surface area contributed by atoms with Crippen molar-refractivity contribution in [2.24, 2.45) is 11.8 Å². The Bertz CT molecular complexity index is 1660. The predicted octanol–water partition coefficient (Wildman–Crippen LogP) is -1.18. The number of carbonyl (C=O) groups excluding carboxylic acids is 9. The first-order valence-electron chi connectivity index (χ1n) is 20.0. The second-order valence-electron chi connectivity index (χ2n) is 15.6. The molecule has 2 aliphatic rings. The summed E-state index contributed by atoms with van der Waals surface area (Å²) in [5, 5.41) is 33.2. The quantitative estimate of drug-likeness (QED) is 0.0322. The number of nitrogens with one attached hydrogen (secondary N) is 6. The van der Waals surface area contributed by atoms with Crippen LogP contribution in [0.5, 0.6) is 0 Å². The maximum Gasteiger partial charge on any atom is 0.325 e. The summed E-state index contributed by atoms with van der Waals surface area (Å²) in [5.41, 5.74) is -1.57. The molecule has 2 fully saturated rings. The van der Waals surface area contributed by atoms with Crippen LogP contribution in [-0.4, -0.2) is 136 Å². The monoisotopic (exact) mass is 849 g/mol. The molecule has 5 atom stereocenters. The van der Waals surface area contributed by atoms with Crippen LogP contribution in [0.2, 0.25) is 0 Å². The SMILES string of the molecule is C=CCOC(=O)CNC(=O)C(=O)C1(NC(=O)[C@@H]2CCCN2C(=O)[C@@H](NC(=O)[C@@H](NC(=O)[C@H](CCC(=O)O)NC(=O)[C@H](CCC(=O)O)NC(C)=O)C(C)C)C(C)C)CCCC1. The number of carbonyl (C=O) groups is 11. The predicted molar refractivity (Wildman–Crippen MR) is 210 cm³/mol. The number of amides is 7. The summed E-state index contributed by atoms with van der Waals surface area (Å²) in [6.45, 7) is 10.5. The molecule has 334 valence electrons. The van der Waals surface area contributed by atoms with Crippen molar-refractivity contribution in [1.29, 1.82) is 0 Å². The number of rotatable bonds is 24.